The summed E-state index contributed by atoms with van der Waals surface area (Å²) in [6, 6.07) is 3.10. The number of alkyl halides is 3. The summed E-state index contributed by atoms with van der Waals surface area (Å²) in [6.45, 7) is 2.31. The summed E-state index contributed by atoms with van der Waals surface area (Å²) >= 11 is 6.74. The molecule has 6 nitrogen and oxygen atoms in total. The second-order valence-corrected chi connectivity index (χ2v) is 7.46. The molecule has 1 saturated heterocycles. The molecule has 0 unspecified atom stereocenters. The number of benzene rings is 1. The van der Waals surface area contributed by atoms with Crippen LogP contribution in [0.2, 0.25) is 5.02 Å². The maximum Gasteiger partial charge on any atom is 0.417 e. The quantitative estimate of drug-likeness (QED) is 0.812. The van der Waals surface area contributed by atoms with Gasteiger partial charge < -0.3 is 15.0 Å². The lowest BCUT2D eigenvalue weighted by Crippen LogP contribution is -2.39. The van der Waals surface area contributed by atoms with Gasteiger partial charge in [-0.15, -0.1) is 0 Å². The normalized spacial score (nSPS) is 20.6. The van der Waals surface area contributed by atoms with Crippen molar-refractivity contribution >= 4 is 46.0 Å². The van der Waals surface area contributed by atoms with E-state index in [0.29, 0.717) is 31.5 Å². The van der Waals surface area contributed by atoms with Crippen LogP contribution >= 0.6 is 23.4 Å². The van der Waals surface area contributed by atoms with E-state index >= 15 is 0 Å². The maximum absolute atomic E-state index is 12.9. The van der Waals surface area contributed by atoms with Crippen molar-refractivity contribution in [3.8, 4) is 0 Å². The third-order valence-electron chi connectivity index (χ3n) is 3.94. The van der Waals surface area contributed by atoms with Crippen LogP contribution in [0.25, 0.3) is 0 Å². The maximum atomic E-state index is 12.9. The number of carbonyl (C=O) groups is 2. The van der Waals surface area contributed by atoms with Gasteiger partial charge in [-0.25, -0.2) is 0 Å². The summed E-state index contributed by atoms with van der Waals surface area (Å²) < 4.78 is 43.9. The molecule has 0 aliphatic carbocycles. The lowest BCUT2D eigenvalue weighted by atomic mass is 10.2. The summed E-state index contributed by atoms with van der Waals surface area (Å²) in [4.78, 5) is 30.1. The Balaban J connectivity index is 1.59. The van der Waals surface area contributed by atoms with Crippen molar-refractivity contribution in [2.75, 3.05) is 31.6 Å². The predicted octanol–water partition coefficient (Wildman–Crippen LogP) is 3.02. The van der Waals surface area contributed by atoms with Crippen LogP contribution in [0.3, 0.4) is 0 Å². The summed E-state index contributed by atoms with van der Waals surface area (Å²) in [6.07, 6.45) is -4.82. The molecule has 27 heavy (non-hydrogen) atoms. The highest BCUT2D eigenvalue weighted by molar-refractivity contribution is 8.15. The van der Waals surface area contributed by atoms with Crippen LogP contribution < -0.4 is 5.32 Å². The number of nitrogens with zero attached hydrogens (tertiary/aromatic N) is 2. The molecule has 0 bridgehead atoms. The van der Waals surface area contributed by atoms with Gasteiger partial charge in [0.2, 0.25) is 5.91 Å². The molecular weight excluding hydrogens is 407 g/mol. The molecule has 0 spiro atoms. The first-order valence-electron chi connectivity index (χ1n) is 8.02. The average Bonchev–Trinajstić information content (AvgIpc) is 2.97. The molecule has 1 aromatic rings. The van der Waals surface area contributed by atoms with Gasteiger partial charge in [-0.2, -0.15) is 18.2 Å². The number of thioether (sulfide) groups is 1. The molecule has 1 fully saturated rings. The number of nitrogens with one attached hydrogen (secondary N) is 1. The third-order valence-corrected chi connectivity index (χ3v) is 5.48. The number of amidine groups is 1. The van der Waals surface area contributed by atoms with E-state index in [1.165, 1.54) is 17.8 Å². The summed E-state index contributed by atoms with van der Waals surface area (Å²) in [5.41, 5.74) is -1.08. The Hall–Kier alpha value is -1.78. The zero-order chi connectivity index (χ0) is 19.6. The van der Waals surface area contributed by atoms with E-state index in [9.17, 15) is 22.8 Å². The number of hydrogen-bond donors (Lipinski definition) is 1. The molecule has 11 heteroatoms. The molecule has 1 atom stereocenters. The van der Waals surface area contributed by atoms with Crippen LogP contribution in [0.4, 0.5) is 18.9 Å². The molecular formula is C16H15ClF3N3O3S. The molecule has 0 aromatic heterocycles. The minimum atomic E-state index is -4.63. The molecule has 1 N–H and O–H groups in total. The van der Waals surface area contributed by atoms with Crippen LogP contribution in [-0.4, -0.2) is 53.4 Å². The Morgan fingerprint density at radius 2 is 2.07 bits per heavy atom. The smallest absolute Gasteiger partial charge is 0.378 e. The monoisotopic (exact) mass is 421 g/mol. The molecule has 146 valence electrons. The number of amides is 2. The Kier molecular flexibility index (Phi) is 5.97. The van der Waals surface area contributed by atoms with Crippen molar-refractivity contribution in [1.82, 2.24) is 4.90 Å². The van der Waals surface area contributed by atoms with E-state index in [0.717, 1.165) is 12.1 Å². The molecule has 0 radical (unpaired) electrons. The first kappa shape index (κ1) is 20.0. The molecule has 2 aliphatic heterocycles. The second-order valence-electron chi connectivity index (χ2n) is 5.88. The number of ether oxygens (including phenoxy) is 1. The number of anilines is 1. The zero-order valence-corrected chi connectivity index (χ0v) is 15.5. The Morgan fingerprint density at radius 1 is 1.37 bits per heavy atom. The molecule has 2 amide bonds. The van der Waals surface area contributed by atoms with Crippen LogP contribution in [0, 0.1) is 0 Å². The van der Waals surface area contributed by atoms with Gasteiger partial charge in [0, 0.05) is 25.2 Å². The van der Waals surface area contributed by atoms with Crippen molar-refractivity contribution in [1.29, 1.82) is 0 Å². The highest BCUT2D eigenvalue weighted by Crippen LogP contribution is 2.36. The van der Waals surface area contributed by atoms with E-state index in [1.807, 2.05) is 4.90 Å². The van der Waals surface area contributed by atoms with E-state index in [-0.39, 0.29) is 12.1 Å². The number of morpholine rings is 1. The fourth-order valence-electron chi connectivity index (χ4n) is 2.60. The highest BCUT2D eigenvalue weighted by atomic mass is 35.5. The van der Waals surface area contributed by atoms with Crippen LogP contribution in [0.1, 0.15) is 12.0 Å². The van der Waals surface area contributed by atoms with Crippen molar-refractivity contribution in [3.63, 3.8) is 0 Å². The number of aliphatic imine (C=N–C) groups is 1. The lowest BCUT2D eigenvalue weighted by molar-refractivity contribution is -0.137. The van der Waals surface area contributed by atoms with Gasteiger partial charge in [0.25, 0.3) is 5.91 Å². The first-order chi connectivity index (χ1) is 12.7. The topological polar surface area (TPSA) is 71.0 Å². The SMILES string of the molecule is O=C(C[C@@H]1SC(N2CCOCC2)=NC1=O)Nc1ccc(Cl)c(C(F)(F)F)c1. The fraction of sp³-hybridized carbons (Fsp3) is 0.438. The van der Waals surface area contributed by atoms with Gasteiger partial charge in [0.1, 0.15) is 5.25 Å². The van der Waals surface area contributed by atoms with Crippen molar-refractivity contribution in [2.24, 2.45) is 4.99 Å². The second kappa shape index (κ2) is 8.07. The molecule has 2 aliphatic rings. The first-order valence-corrected chi connectivity index (χ1v) is 9.28. The molecule has 3 rings (SSSR count). The van der Waals surface area contributed by atoms with Gasteiger partial charge >= 0.3 is 6.18 Å². The van der Waals surface area contributed by atoms with Gasteiger partial charge in [0.05, 0.1) is 23.8 Å². The average molecular weight is 422 g/mol. The van der Waals surface area contributed by atoms with Gasteiger partial charge in [-0.05, 0) is 18.2 Å². The van der Waals surface area contributed by atoms with Gasteiger partial charge in [-0.1, -0.05) is 23.4 Å². The largest absolute Gasteiger partial charge is 0.417 e. The van der Waals surface area contributed by atoms with E-state index < -0.39 is 33.8 Å². The predicted molar refractivity (Wildman–Crippen MR) is 95.9 cm³/mol. The molecule has 2 heterocycles. The number of carbonyl (C=O) groups excluding carboxylic acids is 2. The Bertz CT molecular complexity index is 782. The number of halogens is 4. The Labute approximate surface area is 162 Å². The van der Waals surface area contributed by atoms with E-state index in [4.69, 9.17) is 16.3 Å². The van der Waals surface area contributed by atoms with Crippen molar-refractivity contribution in [3.05, 3.63) is 28.8 Å². The standard InChI is InChI=1S/C16H15ClF3N3O3S/c17-11-2-1-9(7-10(11)16(18,19)20)21-13(24)8-12-14(25)22-15(27-12)23-3-5-26-6-4-23/h1-2,7,12H,3-6,8H2,(H,21,24)/t12-/m0/s1. The van der Waals surface area contributed by atoms with E-state index in [1.54, 1.807) is 0 Å². The molecule has 0 saturated carbocycles. The minimum absolute atomic E-state index is 0.0403. The highest BCUT2D eigenvalue weighted by Gasteiger charge is 2.35. The summed E-state index contributed by atoms with van der Waals surface area (Å²) in [5, 5.41) is 1.77. The van der Waals surface area contributed by atoms with Crippen LogP contribution in [0.15, 0.2) is 23.2 Å². The number of rotatable bonds is 3. The summed E-state index contributed by atoms with van der Waals surface area (Å²) in [5.74, 6) is -1.00. The summed E-state index contributed by atoms with van der Waals surface area (Å²) in [7, 11) is 0. The van der Waals surface area contributed by atoms with Crippen LogP contribution in [0.5, 0.6) is 0 Å². The van der Waals surface area contributed by atoms with E-state index in [2.05, 4.69) is 10.3 Å². The van der Waals surface area contributed by atoms with Crippen LogP contribution in [-0.2, 0) is 20.5 Å². The van der Waals surface area contributed by atoms with Crippen molar-refractivity contribution < 1.29 is 27.5 Å². The Morgan fingerprint density at radius 3 is 2.74 bits per heavy atom. The fourth-order valence-corrected chi connectivity index (χ4v) is 3.94. The molecule has 1 aromatic carbocycles. The minimum Gasteiger partial charge on any atom is -0.378 e. The van der Waals surface area contributed by atoms with Crippen molar-refractivity contribution in [2.45, 2.75) is 17.8 Å². The van der Waals surface area contributed by atoms with Gasteiger partial charge in [0.15, 0.2) is 5.17 Å². The van der Waals surface area contributed by atoms with Gasteiger partial charge in [-0.3, -0.25) is 9.59 Å². The number of hydrogen-bond acceptors (Lipinski definition) is 5. The third kappa shape index (κ3) is 4.94. The lowest BCUT2D eigenvalue weighted by Gasteiger charge is -2.27. The zero-order valence-electron chi connectivity index (χ0n) is 13.9.